The molecule has 3 N–H and O–H groups in total. The highest BCUT2D eigenvalue weighted by atomic mass is 16.4. The lowest BCUT2D eigenvalue weighted by molar-refractivity contribution is -0.139. The fourth-order valence-corrected chi connectivity index (χ4v) is 2.13. The van der Waals surface area contributed by atoms with Gasteiger partial charge in [-0.25, -0.2) is 0 Å². The molecule has 6 nitrogen and oxygen atoms in total. The monoisotopic (exact) mass is 250 g/mol. The Kier molecular flexibility index (Phi) is 3.18. The number of aromatic hydroxyl groups is 1. The van der Waals surface area contributed by atoms with E-state index in [-0.39, 0.29) is 17.7 Å². The van der Waals surface area contributed by atoms with Crippen LogP contribution in [-0.4, -0.2) is 32.6 Å². The van der Waals surface area contributed by atoms with E-state index >= 15 is 0 Å². The number of rotatable bonds is 4. The first-order valence-corrected chi connectivity index (χ1v) is 5.70. The molecular weight excluding hydrogens is 236 g/mol. The summed E-state index contributed by atoms with van der Waals surface area (Å²) in [5.74, 6) is -1.61. The van der Waals surface area contributed by atoms with Crippen LogP contribution < -0.4 is 5.32 Å². The van der Waals surface area contributed by atoms with Crippen molar-refractivity contribution in [3.8, 4) is 5.75 Å². The van der Waals surface area contributed by atoms with Gasteiger partial charge in [-0.2, -0.15) is 0 Å². The molecule has 1 fully saturated rings. The van der Waals surface area contributed by atoms with E-state index < -0.39 is 17.4 Å². The van der Waals surface area contributed by atoms with Crippen molar-refractivity contribution in [3.05, 3.63) is 24.0 Å². The maximum atomic E-state index is 12.0. The maximum absolute atomic E-state index is 12.0. The number of hydrogen-bond donors (Lipinski definition) is 3. The molecule has 1 aliphatic carbocycles. The zero-order chi connectivity index (χ0) is 13.2. The maximum Gasteiger partial charge on any atom is 0.305 e. The van der Waals surface area contributed by atoms with Crippen LogP contribution in [0.5, 0.6) is 5.75 Å². The molecule has 96 valence electrons. The number of carbonyl (C=O) groups excluding carboxylic acids is 1. The van der Waals surface area contributed by atoms with Crippen LogP contribution in [-0.2, 0) is 4.79 Å². The Morgan fingerprint density at radius 2 is 2.17 bits per heavy atom. The van der Waals surface area contributed by atoms with E-state index in [2.05, 4.69) is 10.3 Å². The Bertz CT molecular complexity index is 483. The molecule has 1 aliphatic rings. The van der Waals surface area contributed by atoms with Crippen LogP contribution >= 0.6 is 0 Å². The summed E-state index contributed by atoms with van der Waals surface area (Å²) < 4.78 is 0. The highest BCUT2D eigenvalue weighted by Gasteiger charge is 2.40. The lowest BCUT2D eigenvalue weighted by Gasteiger charge is -2.41. The molecule has 0 unspecified atom stereocenters. The molecule has 1 aromatic rings. The quantitative estimate of drug-likeness (QED) is 0.737. The summed E-state index contributed by atoms with van der Waals surface area (Å²) in [6, 6.07) is 1.40. The van der Waals surface area contributed by atoms with Gasteiger partial charge < -0.3 is 15.5 Å². The molecule has 6 heteroatoms. The average molecular weight is 250 g/mol. The third-order valence-electron chi connectivity index (χ3n) is 3.22. The molecule has 1 amide bonds. The highest BCUT2D eigenvalue weighted by molar-refractivity contribution is 5.97. The summed E-state index contributed by atoms with van der Waals surface area (Å²) in [5, 5.41) is 21.1. The normalized spacial score (nSPS) is 16.7. The minimum absolute atomic E-state index is 0.0927. The zero-order valence-electron chi connectivity index (χ0n) is 9.72. The van der Waals surface area contributed by atoms with Crippen molar-refractivity contribution in [2.75, 3.05) is 0 Å². The van der Waals surface area contributed by atoms with Crippen LogP contribution in [0, 0.1) is 0 Å². The number of amides is 1. The Morgan fingerprint density at radius 1 is 1.44 bits per heavy atom. The summed E-state index contributed by atoms with van der Waals surface area (Å²) in [6.07, 6.45) is 4.69. The predicted molar refractivity (Wildman–Crippen MR) is 62.2 cm³/mol. The Labute approximate surface area is 104 Å². The number of carboxylic acid groups (broad SMARTS) is 1. The van der Waals surface area contributed by atoms with Crippen LogP contribution in [0.15, 0.2) is 18.5 Å². The molecule has 18 heavy (non-hydrogen) atoms. The van der Waals surface area contributed by atoms with Crippen molar-refractivity contribution < 1.29 is 19.8 Å². The van der Waals surface area contributed by atoms with Crippen LogP contribution in [0.1, 0.15) is 36.0 Å². The number of nitrogens with zero attached hydrogens (tertiary/aromatic N) is 1. The Balaban J connectivity index is 2.11. The number of hydrogen-bond acceptors (Lipinski definition) is 4. The molecule has 1 heterocycles. The van der Waals surface area contributed by atoms with Crippen molar-refractivity contribution in [3.63, 3.8) is 0 Å². The summed E-state index contributed by atoms with van der Waals surface area (Å²) in [7, 11) is 0. The van der Waals surface area contributed by atoms with Gasteiger partial charge >= 0.3 is 5.97 Å². The van der Waals surface area contributed by atoms with Gasteiger partial charge in [0.05, 0.1) is 23.7 Å². The van der Waals surface area contributed by atoms with Gasteiger partial charge in [0, 0.05) is 6.20 Å². The van der Waals surface area contributed by atoms with Crippen LogP contribution in [0.4, 0.5) is 0 Å². The summed E-state index contributed by atoms with van der Waals surface area (Å²) in [6.45, 7) is 0. The topological polar surface area (TPSA) is 99.5 Å². The second-order valence-electron chi connectivity index (χ2n) is 4.55. The van der Waals surface area contributed by atoms with Gasteiger partial charge in [0.1, 0.15) is 5.75 Å². The highest BCUT2D eigenvalue weighted by Crippen LogP contribution is 2.35. The molecule has 0 bridgehead atoms. The molecule has 0 aromatic carbocycles. The van der Waals surface area contributed by atoms with Gasteiger partial charge in [-0.15, -0.1) is 0 Å². The minimum Gasteiger partial charge on any atom is -0.505 e. The third kappa shape index (κ3) is 2.42. The van der Waals surface area contributed by atoms with Gasteiger partial charge in [-0.05, 0) is 25.3 Å². The van der Waals surface area contributed by atoms with Crippen molar-refractivity contribution >= 4 is 11.9 Å². The largest absolute Gasteiger partial charge is 0.505 e. The molecule has 1 saturated carbocycles. The van der Waals surface area contributed by atoms with Gasteiger partial charge in [-0.3, -0.25) is 14.6 Å². The van der Waals surface area contributed by atoms with Crippen LogP contribution in [0.3, 0.4) is 0 Å². The summed E-state index contributed by atoms with van der Waals surface area (Å²) in [5.41, 5.74) is -0.555. The van der Waals surface area contributed by atoms with Gasteiger partial charge in [0.25, 0.3) is 5.91 Å². The smallest absolute Gasteiger partial charge is 0.305 e. The van der Waals surface area contributed by atoms with Gasteiger partial charge in [0.15, 0.2) is 0 Å². The second-order valence-corrected chi connectivity index (χ2v) is 4.55. The molecule has 0 atom stereocenters. The first-order valence-electron chi connectivity index (χ1n) is 5.70. The van der Waals surface area contributed by atoms with E-state index in [1.807, 2.05) is 0 Å². The molecule has 0 spiro atoms. The standard InChI is InChI=1S/C12H14N2O4/c15-9-7-13-5-2-8(9)11(18)14-12(3-1-4-12)6-10(16)17/h2,5,7,15H,1,3-4,6H2,(H,14,18)(H,16,17). The molecule has 0 aliphatic heterocycles. The minimum atomic E-state index is -0.936. The molecule has 0 radical (unpaired) electrons. The van der Waals surface area contributed by atoms with Crippen molar-refractivity contribution in [1.82, 2.24) is 10.3 Å². The number of carbonyl (C=O) groups is 2. The fourth-order valence-electron chi connectivity index (χ4n) is 2.13. The van der Waals surface area contributed by atoms with E-state index in [4.69, 9.17) is 5.11 Å². The Morgan fingerprint density at radius 3 is 2.67 bits per heavy atom. The SMILES string of the molecule is O=C(O)CC1(NC(=O)c2ccncc2O)CCC1. The van der Waals surface area contributed by atoms with Crippen molar-refractivity contribution in [2.24, 2.45) is 0 Å². The van der Waals surface area contributed by atoms with E-state index in [1.165, 1.54) is 18.5 Å². The fraction of sp³-hybridized carbons (Fsp3) is 0.417. The van der Waals surface area contributed by atoms with Crippen molar-refractivity contribution in [1.29, 1.82) is 0 Å². The van der Waals surface area contributed by atoms with Crippen molar-refractivity contribution in [2.45, 2.75) is 31.2 Å². The average Bonchev–Trinajstić information content (AvgIpc) is 2.25. The summed E-state index contributed by atoms with van der Waals surface area (Å²) >= 11 is 0. The molecule has 1 aromatic heterocycles. The number of nitrogens with one attached hydrogen (secondary N) is 1. The number of carboxylic acids is 1. The Hall–Kier alpha value is -2.11. The summed E-state index contributed by atoms with van der Waals surface area (Å²) in [4.78, 5) is 26.4. The first kappa shape index (κ1) is 12.3. The number of pyridine rings is 1. The predicted octanol–water partition coefficient (Wildman–Crippen LogP) is 0.914. The van der Waals surface area contributed by atoms with E-state index in [9.17, 15) is 14.7 Å². The lowest BCUT2D eigenvalue weighted by atomic mass is 9.74. The molecule has 0 saturated heterocycles. The van der Waals surface area contributed by atoms with Gasteiger partial charge in [0.2, 0.25) is 0 Å². The van der Waals surface area contributed by atoms with E-state index in [1.54, 1.807) is 0 Å². The zero-order valence-corrected chi connectivity index (χ0v) is 9.72. The lowest BCUT2D eigenvalue weighted by Crippen LogP contribution is -2.54. The molecule has 2 rings (SSSR count). The number of aliphatic carboxylic acids is 1. The van der Waals surface area contributed by atoms with E-state index in [0.717, 1.165) is 6.42 Å². The first-order chi connectivity index (χ1) is 8.52. The number of aromatic nitrogens is 1. The van der Waals surface area contributed by atoms with Crippen LogP contribution in [0.2, 0.25) is 0 Å². The van der Waals surface area contributed by atoms with Gasteiger partial charge in [-0.1, -0.05) is 0 Å². The second kappa shape index (κ2) is 4.64. The van der Waals surface area contributed by atoms with Crippen LogP contribution in [0.25, 0.3) is 0 Å². The molecular formula is C12H14N2O4. The van der Waals surface area contributed by atoms with E-state index in [0.29, 0.717) is 12.8 Å². The third-order valence-corrected chi connectivity index (χ3v) is 3.22.